The molecular weight excluding hydrogens is 354 g/mol. The molecule has 0 aromatic rings. The summed E-state index contributed by atoms with van der Waals surface area (Å²) in [6.07, 6.45) is 2.15. The summed E-state index contributed by atoms with van der Waals surface area (Å²) < 4.78 is 23.1. The number of hydrogen-bond acceptors (Lipinski definition) is 5. The monoisotopic (exact) mass is 381 g/mol. The average Bonchev–Trinajstić information content (AvgIpc) is 3.07. The molecule has 9 heteroatoms. The number of hydrogen-bond donors (Lipinski definition) is 2. The Morgan fingerprint density at radius 1 is 1.38 bits per heavy atom. The molecule has 0 bridgehead atoms. The van der Waals surface area contributed by atoms with Crippen LogP contribution < -0.4 is 11.1 Å². The van der Waals surface area contributed by atoms with Gasteiger partial charge in [0.05, 0.1) is 17.4 Å². The van der Waals surface area contributed by atoms with Crippen molar-refractivity contribution >= 4 is 34.1 Å². The van der Waals surface area contributed by atoms with E-state index in [4.69, 9.17) is 5.73 Å². The number of carbonyl (C=O) groups is 2. The minimum atomic E-state index is -3.04. The van der Waals surface area contributed by atoms with Crippen LogP contribution in [0.5, 0.6) is 0 Å². The maximum absolute atomic E-state index is 12.3. The van der Waals surface area contributed by atoms with E-state index < -0.39 is 21.3 Å². The largest absolute Gasteiger partial charge is 0.354 e. The molecule has 7 nitrogen and oxygen atoms in total. The Balaban J connectivity index is 0.00000288. The summed E-state index contributed by atoms with van der Waals surface area (Å²) in [6.45, 7) is 4.66. The van der Waals surface area contributed by atoms with Gasteiger partial charge in [0.1, 0.15) is 0 Å². The van der Waals surface area contributed by atoms with Gasteiger partial charge in [-0.2, -0.15) is 0 Å². The first-order chi connectivity index (χ1) is 10.7. The Labute approximate surface area is 150 Å². The Bertz CT molecular complexity index is 577. The molecule has 2 unspecified atom stereocenters. The van der Waals surface area contributed by atoms with Crippen LogP contribution in [0.2, 0.25) is 0 Å². The van der Waals surface area contributed by atoms with E-state index >= 15 is 0 Å². The van der Waals surface area contributed by atoms with E-state index in [-0.39, 0.29) is 48.2 Å². The van der Waals surface area contributed by atoms with Crippen LogP contribution in [-0.4, -0.2) is 61.3 Å². The fourth-order valence-electron chi connectivity index (χ4n) is 3.19. The molecule has 24 heavy (non-hydrogen) atoms. The Morgan fingerprint density at radius 2 is 2.00 bits per heavy atom. The molecule has 2 fully saturated rings. The van der Waals surface area contributed by atoms with E-state index in [1.165, 1.54) is 0 Å². The summed E-state index contributed by atoms with van der Waals surface area (Å²) in [5, 5.41) is 2.85. The highest BCUT2D eigenvalue weighted by Gasteiger charge is 2.42. The molecule has 0 aromatic heterocycles. The average molecular weight is 382 g/mol. The van der Waals surface area contributed by atoms with Gasteiger partial charge in [-0.05, 0) is 19.3 Å². The lowest BCUT2D eigenvalue weighted by molar-refractivity contribution is -0.130. The Kier molecular flexibility index (Phi) is 7.07. The lowest BCUT2D eigenvalue weighted by Crippen LogP contribution is -2.50. The fraction of sp³-hybridized carbons (Fsp3) is 0.867. The van der Waals surface area contributed by atoms with Crippen molar-refractivity contribution in [2.45, 2.75) is 51.1 Å². The van der Waals surface area contributed by atoms with Crippen LogP contribution in [0.25, 0.3) is 0 Å². The van der Waals surface area contributed by atoms with Crippen molar-refractivity contribution in [2.24, 2.45) is 11.7 Å². The zero-order valence-corrected chi connectivity index (χ0v) is 15.9. The van der Waals surface area contributed by atoms with Gasteiger partial charge in [-0.25, -0.2) is 8.42 Å². The molecule has 0 aromatic carbocycles. The van der Waals surface area contributed by atoms with E-state index in [9.17, 15) is 18.0 Å². The van der Waals surface area contributed by atoms with Crippen LogP contribution in [-0.2, 0) is 19.4 Å². The highest BCUT2D eigenvalue weighted by Crippen LogP contribution is 2.26. The van der Waals surface area contributed by atoms with Crippen molar-refractivity contribution in [1.82, 2.24) is 10.2 Å². The first-order valence-electron chi connectivity index (χ1n) is 8.26. The summed E-state index contributed by atoms with van der Waals surface area (Å²) in [5.74, 6) is -0.564. The third kappa shape index (κ3) is 4.83. The molecule has 2 rings (SSSR count). The molecule has 2 saturated heterocycles. The molecule has 2 amide bonds. The van der Waals surface area contributed by atoms with Crippen LogP contribution in [0.15, 0.2) is 0 Å². The predicted molar refractivity (Wildman–Crippen MR) is 94.6 cm³/mol. The topological polar surface area (TPSA) is 110 Å². The number of nitrogens with two attached hydrogens (primary N) is 1. The third-order valence-electron chi connectivity index (χ3n) is 5.20. The number of nitrogens with zero attached hydrogens (tertiary/aromatic N) is 1. The summed E-state index contributed by atoms with van der Waals surface area (Å²) in [6, 6.07) is -0.273. The van der Waals surface area contributed by atoms with Crippen LogP contribution in [0.3, 0.4) is 0 Å². The number of rotatable bonds is 6. The van der Waals surface area contributed by atoms with E-state index in [0.717, 1.165) is 12.8 Å². The van der Waals surface area contributed by atoms with Gasteiger partial charge in [0.2, 0.25) is 11.8 Å². The standard InChI is InChI=1S/C15H27N3O4S.ClH/c1-3-15(16,4-2)10-17-14(20)11-7-13(19)18(8-11)12-5-6-23(21,22)9-12;/h11-12H,3-10,16H2,1-2H3,(H,17,20);1H. The van der Waals surface area contributed by atoms with Gasteiger partial charge in [0, 0.05) is 31.1 Å². The second kappa shape index (κ2) is 8.01. The van der Waals surface area contributed by atoms with E-state index in [1.54, 1.807) is 4.90 Å². The molecule has 140 valence electrons. The lowest BCUT2D eigenvalue weighted by Gasteiger charge is -2.27. The van der Waals surface area contributed by atoms with Crippen LogP contribution in [0.1, 0.15) is 39.5 Å². The van der Waals surface area contributed by atoms with Crippen LogP contribution in [0.4, 0.5) is 0 Å². The summed E-state index contributed by atoms with van der Waals surface area (Å²) in [7, 11) is -3.04. The first kappa shape index (κ1) is 21.2. The Hall–Kier alpha value is -0.860. The first-order valence-corrected chi connectivity index (χ1v) is 10.1. The molecule has 0 radical (unpaired) electrons. The molecule has 2 atom stereocenters. The van der Waals surface area contributed by atoms with Crippen molar-refractivity contribution in [2.75, 3.05) is 24.6 Å². The minimum Gasteiger partial charge on any atom is -0.354 e. The van der Waals surface area contributed by atoms with Crippen LogP contribution >= 0.6 is 12.4 Å². The lowest BCUT2D eigenvalue weighted by atomic mass is 9.94. The summed E-state index contributed by atoms with van der Waals surface area (Å²) in [4.78, 5) is 26.0. The van der Waals surface area contributed by atoms with Crippen LogP contribution in [0, 0.1) is 5.92 Å². The van der Waals surface area contributed by atoms with Gasteiger partial charge >= 0.3 is 0 Å². The molecule has 2 aliphatic rings. The summed E-state index contributed by atoms with van der Waals surface area (Å²) >= 11 is 0. The van der Waals surface area contributed by atoms with Gasteiger partial charge in [0.25, 0.3) is 0 Å². The van der Waals surface area contributed by atoms with Crippen molar-refractivity contribution < 1.29 is 18.0 Å². The van der Waals surface area contributed by atoms with Crippen molar-refractivity contribution in [3.8, 4) is 0 Å². The van der Waals surface area contributed by atoms with Gasteiger partial charge in [-0.15, -0.1) is 12.4 Å². The van der Waals surface area contributed by atoms with Gasteiger partial charge in [0.15, 0.2) is 9.84 Å². The predicted octanol–water partition coefficient (Wildman–Crippen LogP) is 0.0775. The van der Waals surface area contributed by atoms with Gasteiger partial charge < -0.3 is 16.0 Å². The van der Waals surface area contributed by atoms with E-state index in [1.807, 2.05) is 13.8 Å². The molecule has 0 spiro atoms. The van der Waals surface area contributed by atoms with E-state index in [2.05, 4.69) is 5.32 Å². The fourth-order valence-corrected chi connectivity index (χ4v) is 4.92. The second-order valence-electron chi connectivity index (χ2n) is 6.79. The smallest absolute Gasteiger partial charge is 0.225 e. The summed E-state index contributed by atoms with van der Waals surface area (Å²) in [5.41, 5.74) is 5.75. The molecule has 3 N–H and O–H groups in total. The molecule has 0 aliphatic carbocycles. The number of nitrogens with one attached hydrogen (secondary N) is 1. The zero-order chi connectivity index (χ0) is 17.3. The SMILES string of the molecule is CCC(N)(CC)CNC(=O)C1CC(=O)N(C2CCS(=O)(=O)C2)C1.Cl. The molecule has 2 heterocycles. The molecule has 2 aliphatic heterocycles. The third-order valence-corrected chi connectivity index (χ3v) is 6.95. The normalized spacial score (nSPS) is 26.3. The second-order valence-corrected chi connectivity index (χ2v) is 9.02. The zero-order valence-electron chi connectivity index (χ0n) is 14.3. The molecule has 0 saturated carbocycles. The Morgan fingerprint density at radius 3 is 2.50 bits per heavy atom. The quantitative estimate of drug-likeness (QED) is 0.677. The number of amides is 2. The van der Waals surface area contributed by atoms with Gasteiger partial charge in [-0.1, -0.05) is 13.8 Å². The molecular formula is C15H28ClN3O4S. The maximum Gasteiger partial charge on any atom is 0.225 e. The van der Waals surface area contributed by atoms with E-state index in [0.29, 0.717) is 19.5 Å². The minimum absolute atomic E-state index is 0. The number of carbonyl (C=O) groups excluding carboxylic acids is 2. The highest BCUT2D eigenvalue weighted by atomic mass is 35.5. The van der Waals surface area contributed by atoms with Crippen molar-refractivity contribution in [3.63, 3.8) is 0 Å². The number of halogens is 1. The van der Waals surface area contributed by atoms with Gasteiger partial charge in [-0.3, -0.25) is 9.59 Å². The highest BCUT2D eigenvalue weighted by molar-refractivity contribution is 7.91. The number of likely N-dealkylation sites (tertiary alicyclic amines) is 1. The maximum atomic E-state index is 12.3. The van der Waals surface area contributed by atoms with Crippen molar-refractivity contribution in [3.05, 3.63) is 0 Å². The number of sulfone groups is 1. The van der Waals surface area contributed by atoms with Crippen molar-refractivity contribution in [1.29, 1.82) is 0 Å².